The fraction of sp³-hybridized carbons (Fsp3) is 0.250. The second kappa shape index (κ2) is 5.06. The summed E-state index contributed by atoms with van der Waals surface area (Å²) in [5.74, 6) is 0. The molecule has 0 fully saturated rings. The Hall–Kier alpha value is -2.03. The van der Waals surface area contributed by atoms with Gasteiger partial charge in [-0.15, -0.1) is 0 Å². The van der Waals surface area contributed by atoms with E-state index in [2.05, 4.69) is 4.98 Å². The number of nitrogens with zero attached hydrogens (tertiary/aromatic N) is 2. The molecule has 0 aliphatic heterocycles. The van der Waals surface area contributed by atoms with Crippen molar-refractivity contribution < 1.29 is 26.0 Å². The molecule has 21 heavy (non-hydrogen) atoms. The van der Waals surface area contributed by atoms with E-state index in [4.69, 9.17) is 4.42 Å². The van der Waals surface area contributed by atoms with Crippen LogP contribution < -0.4 is 4.31 Å². The third-order valence-corrected chi connectivity index (χ3v) is 4.46. The highest BCUT2D eigenvalue weighted by molar-refractivity contribution is 7.92. The van der Waals surface area contributed by atoms with Crippen LogP contribution in [0.2, 0.25) is 0 Å². The summed E-state index contributed by atoms with van der Waals surface area (Å²) in [5.41, 5.74) is -0.435. The lowest BCUT2D eigenvalue weighted by Gasteiger charge is -2.15. The number of aryl methyl sites for hydroxylation is 1. The van der Waals surface area contributed by atoms with Gasteiger partial charge in [0.2, 0.25) is 0 Å². The van der Waals surface area contributed by atoms with Crippen LogP contribution in [0, 0.1) is 6.92 Å². The van der Waals surface area contributed by atoms with Crippen molar-refractivity contribution in [2.45, 2.75) is 18.0 Å². The van der Waals surface area contributed by atoms with Gasteiger partial charge in [0.05, 0.1) is 16.2 Å². The second-order valence-electron chi connectivity index (χ2n) is 4.27. The van der Waals surface area contributed by atoms with Crippen molar-refractivity contribution >= 4 is 16.0 Å². The second-order valence-corrected chi connectivity index (χ2v) is 6.24. The average molecular weight is 320 g/mol. The molecule has 0 unspecified atom stereocenters. The van der Waals surface area contributed by atoms with Gasteiger partial charge in [-0.2, -0.15) is 18.2 Å². The molecular formula is C12H11F3N2O3S. The maximum Gasteiger partial charge on any atom is 0.416 e. The van der Waals surface area contributed by atoms with Crippen LogP contribution in [0.25, 0.3) is 0 Å². The van der Waals surface area contributed by atoms with Gasteiger partial charge in [0, 0.05) is 7.05 Å². The number of oxazole rings is 1. The van der Waals surface area contributed by atoms with Crippen LogP contribution in [0.5, 0.6) is 0 Å². The Bertz CT molecular complexity index is 736. The molecule has 0 radical (unpaired) electrons. The van der Waals surface area contributed by atoms with Gasteiger partial charge in [0.15, 0.2) is 0 Å². The first-order valence-electron chi connectivity index (χ1n) is 5.70. The third-order valence-electron chi connectivity index (χ3n) is 2.72. The predicted molar refractivity (Wildman–Crippen MR) is 68.3 cm³/mol. The first-order valence-corrected chi connectivity index (χ1v) is 7.14. The van der Waals surface area contributed by atoms with Crippen LogP contribution in [0.1, 0.15) is 11.3 Å². The molecule has 1 aromatic carbocycles. The van der Waals surface area contributed by atoms with Crippen LogP contribution in [0.3, 0.4) is 0 Å². The molecule has 1 aromatic heterocycles. The molecule has 0 aliphatic rings. The Morgan fingerprint density at radius 1 is 1.19 bits per heavy atom. The summed E-state index contributed by atoms with van der Waals surface area (Å²) < 4.78 is 67.6. The molecule has 0 N–H and O–H groups in total. The minimum absolute atomic E-state index is 0.160. The van der Waals surface area contributed by atoms with Crippen molar-refractivity contribution in [3.63, 3.8) is 0 Å². The van der Waals surface area contributed by atoms with Crippen LogP contribution >= 0.6 is 0 Å². The molecule has 9 heteroatoms. The van der Waals surface area contributed by atoms with Crippen LogP contribution in [0.4, 0.5) is 19.2 Å². The molecule has 0 aliphatic carbocycles. The van der Waals surface area contributed by atoms with Gasteiger partial charge in [-0.3, -0.25) is 0 Å². The lowest BCUT2D eigenvalue weighted by Crippen LogP contribution is -2.27. The predicted octanol–water partition coefficient (Wildman–Crippen LogP) is 2.83. The topological polar surface area (TPSA) is 63.4 Å². The highest BCUT2D eigenvalue weighted by Gasteiger charge is 2.31. The molecule has 2 aromatic rings. The van der Waals surface area contributed by atoms with E-state index in [1.165, 1.54) is 13.3 Å². The van der Waals surface area contributed by atoms with E-state index in [9.17, 15) is 21.6 Å². The van der Waals surface area contributed by atoms with Gasteiger partial charge in [0.25, 0.3) is 10.0 Å². The summed E-state index contributed by atoms with van der Waals surface area (Å²) in [6, 6.07) is 3.05. The number of aromatic nitrogens is 1. The molecule has 114 valence electrons. The summed E-state index contributed by atoms with van der Waals surface area (Å²) in [6.07, 6.45) is -3.25. The number of alkyl halides is 3. The van der Waals surface area contributed by atoms with Gasteiger partial charge in [-0.1, -0.05) is 0 Å². The zero-order valence-corrected chi connectivity index (χ0v) is 11.9. The minimum atomic E-state index is -4.52. The Kier molecular flexibility index (Phi) is 3.70. The Balaban J connectivity index is 2.36. The molecule has 0 saturated heterocycles. The molecule has 0 spiro atoms. The van der Waals surface area contributed by atoms with Crippen molar-refractivity contribution in [2.75, 3.05) is 11.4 Å². The number of halogens is 3. The van der Waals surface area contributed by atoms with E-state index >= 15 is 0 Å². The van der Waals surface area contributed by atoms with Crippen LogP contribution in [-0.4, -0.2) is 20.4 Å². The molecule has 1 heterocycles. The summed E-state index contributed by atoms with van der Waals surface area (Å²) in [5, 5.41) is 0. The SMILES string of the molecule is Cc1coc(N(C)S(=O)(=O)c2ccc(C(F)(F)F)cc2)n1. The standard InChI is InChI=1S/C12H11F3N2O3S/c1-8-7-20-11(16-8)17(2)21(18,19)10-5-3-9(4-6-10)12(13,14)15/h3-7H,1-2H3. The van der Waals surface area contributed by atoms with Gasteiger partial charge in [0.1, 0.15) is 6.26 Å². The van der Waals surface area contributed by atoms with Crippen LogP contribution in [0.15, 0.2) is 39.8 Å². The monoisotopic (exact) mass is 320 g/mol. The Morgan fingerprint density at radius 3 is 2.19 bits per heavy atom. The van der Waals surface area contributed by atoms with E-state index in [-0.39, 0.29) is 10.9 Å². The van der Waals surface area contributed by atoms with Crippen molar-refractivity contribution in [2.24, 2.45) is 0 Å². The molecular weight excluding hydrogens is 309 g/mol. The number of anilines is 1. The Labute approximate surface area is 119 Å². The largest absolute Gasteiger partial charge is 0.431 e. The zero-order valence-electron chi connectivity index (χ0n) is 11.0. The highest BCUT2D eigenvalue weighted by atomic mass is 32.2. The average Bonchev–Trinajstić information content (AvgIpc) is 2.83. The van der Waals surface area contributed by atoms with Gasteiger partial charge in [-0.05, 0) is 31.2 Å². The maximum atomic E-state index is 12.5. The maximum absolute atomic E-state index is 12.5. The van der Waals surface area contributed by atoms with Gasteiger partial charge >= 0.3 is 12.2 Å². The molecule has 5 nitrogen and oxygen atoms in total. The smallest absolute Gasteiger partial charge is 0.416 e. The van der Waals surface area contributed by atoms with Gasteiger partial charge in [-0.25, -0.2) is 12.7 Å². The number of benzene rings is 1. The van der Waals surface area contributed by atoms with Crippen molar-refractivity contribution in [3.8, 4) is 0 Å². The summed E-state index contributed by atoms with van der Waals surface area (Å²) in [7, 11) is -2.82. The molecule has 2 rings (SSSR count). The fourth-order valence-corrected chi connectivity index (χ4v) is 2.65. The van der Waals surface area contributed by atoms with Crippen molar-refractivity contribution in [1.29, 1.82) is 0 Å². The first-order chi connectivity index (χ1) is 9.62. The van der Waals surface area contributed by atoms with E-state index in [0.717, 1.165) is 16.4 Å². The van der Waals surface area contributed by atoms with E-state index < -0.39 is 21.8 Å². The summed E-state index contributed by atoms with van der Waals surface area (Å²) in [6.45, 7) is 1.62. The number of sulfonamides is 1. The summed E-state index contributed by atoms with van der Waals surface area (Å²) in [4.78, 5) is 3.58. The lowest BCUT2D eigenvalue weighted by atomic mass is 10.2. The normalized spacial score (nSPS) is 12.4. The molecule has 0 saturated carbocycles. The van der Waals surface area contributed by atoms with Crippen LogP contribution in [-0.2, 0) is 16.2 Å². The number of hydrogen-bond donors (Lipinski definition) is 0. The zero-order chi connectivity index (χ0) is 15.8. The fourth-order valence-electron chi connectivity index (χ4n) is 1.56. The van der Waals surface area contributed by atoms with E-state index in [1.807, 2.05) is 0 Å². The van der Waals surface area contributed by atoms with Crippen molar-refractivity contribution in [1.82, 2.24) is 4.98 Å². The van der Waals surface area contributed by atoms with Gasteiger partial charge < -0.3 is 4.42 Å². The third kappa shape index (κ3) is 3.02. The molecule has 0 bridgehead atoms. The van der Waals surface area contributed by atoms with E-state index in [0.29, 0.717) is 17.8 Å². The number of hydrogen-bond acceptors (Lipinski definition) is 4. The minimum Gasteiger partial charge on any atom is -0.431 e. The molecule has 0 amide bonds. The van der Waals surface area contributed by atoms with E-state index in [1.54, 1.807) is 6.92 Å². The lowest BCUT2D eigenvalue weighted by molar-refractivity contribution is -0.137. The Morgan fingerprint density at radius 2 is 1.76 bits per heavy atom. The molecule has 0 atom stereocenters. The quantitative estimate of drug-likeness (QED) is 0.872. The summed E-state index contributed by atoms with van der Waals surface area (Å²) >= 11 is 0. The number of rotatable bonds is 3. The first kappa shape index (κ1) is 15.4. The van der Waals surface area contributed by atoms with Crippen molar-refractivity contribution in [3.05, 3.63) is 41.8 Å². The highest BCUT2D eigenvalue weighted by Crippen LogP contribution is 2.30.